The number of hydrogen-bond donors (Lipinski definition) is 1. The van der Waals surface area contributed by atoms with Crippen LogP contribution in [0.15, 0.2) is 30.3 Å². The number of piperazine rings is 1. The summed E-state index contributed by atoms with van der Waals surface area (Å²) in [6.07, 6.45) is 6.24. The molecule has 146 valence electrons. The molecular weight excluding hydrogens is 338 g/mol. The summed E-state index contributed by atoms with van der Waals surface area (Å²) in [7, 11) is 1.70. The molecule has 1 saturated heterocycles. The number of benzene rings is 1. The maximum atomic E-state index is 9.56. The van der Waals surface area contributed by atoms with Crippen molar-refractivity contribution in [3.63, 3.8) is 0 Å². The summed E-state index contributed by atoms with van der Waals surface area (Å²) in [5, 5.41) is 10.7. The first-order valence-electron chi connectivity index (χ1n) is 10.3. The van der Waals surface area contributed by atoms with E-state index in [4.69, 9.17) is 9.72 Å². The van der Waals surface area contributed by atoms with Crippen LogP contribution < -0.4 is 4.74 Å². The molecule has 1 atom stereocenters. The summed E-state index contributed by atoms with van der Waals surface area (Å²) in [4.78, 5) is 10.1. The number of hydrogen-bond acceptors (Lipinski definition) is 5. The Hall–Kier alpha value is -1.69. The van der Waals surface area contributed by atoms with E-state index in [-0.39, 0.29) is 6.61 Å². The predicted molar refractivity (Wildman–Crippen MR) is 108 cm³/mol. The summed E-state index contributed by atoms with van der Waals surface area (Å²) in [6.45, 7) is 4.32. The number of rotatable bonds is 6. The molecule has 0 spiro atoms. The predicted octanol–water partition coefficient (Wildman–Crippen LogP) is 3.05. The molecule has 1 aliphatic carbocycles. The Kier molecular flexibility index (Phi) is 5.91. The molecule has 1 aromatic heterocycles. The van der Waals surface area contributed by atoms with Crippen LogP contribution >= 0.6 is 0 Å². The average molecular weight is 370 g/mol. The highest BCUT2D eigenvalue weighted by molar-refractivity contribution is 5.84. The fourth-order valence-electron chi connectivity index (χ4n) is 4.84. The number of pyridine rings is 1. The van der Waals surface area contributed by atoms with Gasteiger partial charge in [-0.2, -0.15) is 0 Å². The molecule has 2 heterocycles. The van der Waals surface area contributed by atoms with Crippen molar-refractivity contribution >= 4 is 10.9 Å². The maximum absolute atomic E-state index is 9.56. The van der Waals surface area contributed by atoms with Crippen molar-refractivity contribution in [1.29, 1.82) is 0 Å². The summed E-state index contributed by atoms with van der Waals surface area (Å²) >= 11 is 0. The molecule has 5 nitrogen and oxygen atoms in total. The topological polar surface area (TPSA) is 48.8 Å². The molecule has 1 aromatic carbocycles. The Morgan fingerprint density at radius 2 is 2.00 bits per heavy atom. The van der Waals surface area contributed by atoms with E-state index in [9.17, 15) is 5.11 Å². The molecule has 27 heavy (non-hydrogen) atoms. The van der Waals surface area contributed by atoms with E-state index in [1.54, 1.807) is 7.11 Å². The van der Waals surface area contributed by atoms with Crippen LogP contribution in [0.25, 0.3) is 10.9 Å². The van der Waals surface area contributed by atoms with Crippen LogP contribution in [-0.2, 0) is 6.54 Å². The highest BCUT2D eigenvalue weighted by Crippen LogP contribution is 2.29. The Labute approximate surface area is 161 Å². The minimum Gasteiger partial charge on any atom is -0.494 e. The van der Waals surface area contributed by atoms with Crippen molar-refractivity contribution in [2.45, 2.75) is 50.7 Å². The zero-order valence-corrected chi connectivity index (χ0v) is 16.3. The van der Waals surface area contributed by atoms with Gasteiger partial charge in [0, 0.05) is 50.3 Å². The van der Waals surface area contributed by atoms with E-state index >= 15 is 0 Å². The summed E-state index contributed by atoms with van der Waals surface area (Å²) in [5.74, 6) is 0.832. The molecule has 4 rings (SSSR count). The molecule has 0 radical (unpaired) electrons. The van der Waals surface area contributed by atoms with E-state index in [2.05, 4.69) is 28.0 Å². The van der Waals surface area contributed by atoms with E-state index in [1.807, 2.05) is 12.1 Å². The second-order valence-electron chi connectivity index (χ2n) is 7.91. The molecule has 1 aliphatic heterocycles. The second-order valence-corrected chi connectivity index (χ2v) is 7.91. The van der Waals surface area contributed by atoms with E-state index < -0.39 is 0 Å². The number of ether oxygens (including phenoxy) is 1. The van der Waals surface area contributed by atoms with Crippen LogP contribution in [0.1, 0.15) is 37.8 Å². The first-order valence-corrected chi connectivity index (χ1v) is 10.3. The number of fused-ring (bicyclic) bond motifs is 1. The summed E-state index contributed by atoms with van der Waals surface area (Å²) < 4.78 is 5.48. The first kappa shape index (κ1) is 18.7. The van der Waals surface area contributed by atoms with E-state index in [0.29, 0.717) is 6.04 Å². The van der Waals surface area contributed by atoms with Gasteiger partial charge in [0.05, 0.1) is 12.8 Å². The van der Waals surface area contributed by atoms with Crippen molar-refractivity contribution in [1.82, 2.24) is 14.8 Å². The second kappa shape index (κ2) is 8.55. The number of methoxy groups -OCH3 is 1. The van der Waals surface area contributed by atoms with Crippen molar-refractivity contribution in [3.05, 3.63) is 36.0 Å². The van der Waals surface area contributed by atoms with Gasteiger partial charge >= 0.3 is 0 Å². The monoisotopic (exact) mass is 369 g/mol. The third-order valence-corrected chi connectivity index (χ3v) is 6.21. The van der Waals surface area contributed by atoms with Crippen LogP contribution in [0.4, 0.5) is 0 Å². The van der Waals surface area contributed by atoms with Crippen molar-refractivity contribution < 1.29 is 9.84 Å². The molecule has 1 N–H and O–H groups in total. The van der Waals surface area contributed by atoms with Gasteiger partial charge in [-0.15, -0.1) is 0 Å². The van der Waals surface area contributed by atoms with Gasteiger partial charge in [-0.25, -0.2) is 4.98 Å². The summed E-state index contributed by atoms with van der Waals surface area (Å²) in [5.41, 5.74) is 2.03. The fraction of sp³-hybridized carbons (Fsp3) is 0.591. The molecule has 2 aromatic rings. The largest absolute Gasteiger partial charge is 0.494 e. The number of para-hydroxylation sites is 1. The van der Waals surface area contributed by atoms with Gasteiger partial charge in [0.1, 0.15) is 11.3 Å². The van der Waals surface area contributed by atoms with Crippen LogP contribution in [0.5, 0.6) is 5.75 Å². The van der Waals surface area contributed by atoms with Gasteiger partial charge in [-0.1, -0.05) is 31.0 Å². The van der Waals surface area contributed by atoms with Crippen LogP contribution in [0.3, 0.4) is 0 Å². The maximum Gasteiger partial charge on any atom is 0.145 e. The van der Waals surface area contributed by atoms with Gasteiger partial charge in [0.2, 0.25) is 0 Å². The molecule has 0 amide bonds. The van der Waals surface area contributed by atoms with E-state index in [0.717, 1.165) is 61.0 Å². The molecule has 5 heteroatoms. The minimum atomic E-state index is 0.271. The fourth-order valence-corrected chi connectivity index (χ4v) is 4.84. The zero-order chi connectivity index (χ0) is 18.6. The van der Waals surface area contributed by atoms with Crippen molar-refractivity contribution in [3.8, 4) is 5.75 Å². The lowest BCUT2D eigenvalue weighted by Crippen LogP contribution is -2.56. The normalized spacial score (nSPS) is 22.5. The molecule has 2 fully saturated rings. The van der Waals surface area contributed by atoms with Gasteiger partial charge in [0.15, 0.2) is 0 Å². The van der Waals surface area contributed by atoms with Crippen LogP contribution in [0, 0.1) is 0 Å². The van der Waals surface area contributed by atoms with Gasteiger partial charge in [0.25, 0.3) is 0 Å². The minimum absolute atomic E-state index is 0.271. The Morgan fingerprint density at radius 1 is 1.15 bits per heavy atom. The van der Waals surface area contributed by atoms with Crippen LogP contribution in [-0.4, -0.2) is 65.3 Å². The van der Waals surface area contributed by atoms with Gasteiger partial charge < -0.3 is 9.84 Å². The molecule has 2 aliphatic rings. The number of aliphatic hydroxyl groups excluding tert-OH is 1. The number of nitrogens with zero attached hydrogens (tertiary/aromatic N) is 3. The SMILES string of the molecule is COc1cccc2ccc(CN3CCN(C4CCCC4)C(CCO)C3)nc12. The lowest BCUT2D eigenvalue weighted by atomic mass is 10.0. The molecule has 1 saturated carbocycles. The van der Waals surface area contributed by atoms with Crippen molar-refractivity contribution in [2.75, 3.05) is 33.4 Å². The highest BCUT2D eigenvalue weighted by Gasteiger charge is 2.33. The Bertz CT molecular complexity index is 760. The zero-order valence-electron chi connectivity index (χ0n) is 16.3. The Morgan fingerprint density at radius 3 is 2.78 bits per heavy atom. The number of aliphatic hydroxyl groups is 1. The van der Waals surface area contributed by atoms with Gasteiger partial charge in [-0.05, 0) is 31.4 Å². The third kappa shape index (κ3) is 4.10. The summed E-state index contributed by atoms with van der Waals surface area (Å²) in [6, 6.07) is 11.5. The lowest BCUT2D eigenvalue weighted by Gasteiger charge is -2.44. The van der Waals surface area contributed by atoms with Crippen LogP contribution in [0.2, 0.25) is 0 Å². The highest BCUT2D eigenvalue weighted by atomic mass is 16.5. The molecule has 0 bridgehead atoms. The van der Waals surface area contributed by atoms with Gasteiger partial charge in [-0.3, -0.25) is 9.80 Å². The third-order valence-electron chi connectivity index (χ3n) is 6.21. The quantitative estimate of drug-likeness (QED) is 0.848. The number of aromatic nitrogens is 1. The smallest absolute Gasteiger partial charge is 0.145 e. The molecule has 1 unspecified atom stereocenters. The first-order chi connectivity index (χ1) is 13.3. The lowest BCUT2D eigenvalue weighted by molar-refractivity contribution is 0.0263. The van der Waals surface area contributed by atoms with E-state index in [1.165, 1.54) is 25.7 Å². The average Bonchev–Trinajstić information content (AvgIpc) is 3.22. The standard InChI is InChI=1S/C22H31N3O2/c1-27-21-8-4-5-17-9-10-18(23-22(17)21)15-24-12-13-25(19-6-2-3-7-19)20(16-24)11-14-26/h4-5,8-10,19-20,26H,2-3,6-7,11-16H2,1H3. The van der Waals surface area contributed by atoms with Crippen molar-refractivity contribution in [2.24, 2.45) is 0 Å². The Balaban J connectivity index is 1.47. The molecular formula is C22H31N3O2.